The predicted octanol–water partition coefficient (Wildman–Crippen LogP) is 3.47. The summed E-state index contributed by atoms with van der Waals surface area (Å²) in [6, 6.07) is 17.2. The molecule has 0 fully saturated rings. The number of hydrogen-bond donors (Lipinski definition) is 2. The molecule has 2 heterocycles. The fraction of sp³-hybridized carbons (Fsp3) is 0.261. The monoisotopic (exact) mass is 404 g/mol. The smallest absolute Gasteiger partial charge is 0.278 e. The van der Waals surface area contributed by atoms with Crippen molar-refractivity contribution in [2.75, 3.05) is 10.6 Å². The molecule has 7 nitrogen and oxygen atoms in total. The summed E-state index contributed by atoms with van der Waals surface area (Å²) in [6.45, 7) is 5.90. The first-order valence-corrected chi connectivity index (χ1v) is 9.87. The number of aromatic nitrogens is 2. The summed E-state index contributed by atoms with van der Waals surface area (Å²) in [5.74, 6) is -0.587. The van der Waals surface area contributed by atoms with E-state index in [0.717, 1.165) is 12.1 Å². The normalized spacial score (nSPS) is 17.6. The molecular formula is C23H24N4O3. The van der Waals surface area contributed by atoms with Gasteiger partial charge in [0.25, 0.3) is 17.4 Å². The van der Waals surface area contributed by atoms with Gasteiger partial charge in [0.2, 0.25) is 0 Å². The molecule has 1 atom stereocenters. The van der Waals surface area contributed by atoms with E-state index in [1.54, 1.807) is 24.3 Å². The number of ether oxygens (including phenoxy) is 1. The molecule has 1 aliphatic rings. The quantitative estimate of drug-likeness (QED) is 0.638. The number of amides is 2. The Hall–Kier alpha value is -3.61. The standard InChI is InChI=1S/C23H24N4O3/c1-15-20(16(2)27(26-15)14-13-17-9-5-4-6-10-17)25-22(29)23(3)21(28)24-18-11-7-8-12-19(18)30-23/h4-12H,13-14H2,1-3H3,(H,24,28)(H,25,29). The minimum Gasteiger partial charge on any atom is -0.466 e. The fourth-order valence-electron chi connectivity index (χ4n) is 3.52. The first-order valence-electron chi connectivity index (χ1n) is 9.87. The lowest BCUT2D eigenvalue weighted by Gasteiger charge is -2.33. The Morgan fingerprint density at radius 2 is 1.83 bits per heavy atom. The second-order valence-corrected chi connectivity index (χ2v) is 7.54. The minimum absolute atomic E-state index is 0.460. The molecule has 0 spiro atoms. The van der Waals surface area contributed by atoms with Gasteiger partial charge in [0.05, 0.1) is 22.8 Å². The molecule has 0 radical (unpaired) electrons. The van der Waals surface area contributed by atoms with Crippen molar-refractivity contribution in [1.29, 1.82) is 0 Å². The van der Waals surface area contributed by atoms with Crippen molar-refractivity contribution in [2.24, 2.45) is 0 Å². The Kier molecular flexibility index (Phi) is 5.03. The highest BCUT2D eigenvalue weighted by Gasteiger charge is 2.47. The molecule has 1 aliphatic heterocycles. The number of fused-ring (bicyclic) bond motifs is 1. The molecule has 2 aromatic carbocycles. The molecular weight excluding hydrogens is 380 g/mol. The summed E-state index contributed by atoms with van der Waals surface area (Å²) in [4.78, 5) is 25.7. The SMILES string of the molecule is Cc1nn(CCc2ccccc2)c(C)c1NC(=O)C1(C)Oc2ccccc2NC1=O. The molecule has 0 aliphatic carbocycles. The van der Waals surface area contributed by atoms with Crippen molar-refractivity contribution in [2.45, 2.75) is 39.3 Å². The van der Waals surface area contributed by atoms with Crippen LogP contribution >= 0.6 is 0 Å². The first-order chi connectivity index (χ1) is 14.4. The first kappa shape index (κ1) is 19.7. The third kappa shape index (κ3) is 3.54. The number of aryl methyl sites for hydroxylation is 3. The Bertz CT molecular complexity index is 1110. The Morgan fingerprint density at radius 1 is 1.13 bits per heavy atom. The van der Waals surface area contributed by atoms with Crippen LogP contribution in [0.3, 0.4) is 0 Å². The van der Waals surface area contributed by atoms with Gasteiger partial charge in [-0.1, -0.05) is 42.5 Å². The van der Waals surface area contributed by atoms with Crippen molar-refractivity contribution >= 4 is 23.2 Å². The van der Waals surface area contributed by atoms with E-state index in [4.69, 9.17) is 4.74 Å². The van der Waals surface area contributed by atoms with Gasteiger partial charge in [-0.2, -0.15) is 5.10 Å². The van der Waals surface area contributed by atoms with Crippen LogP contribution in [0.15, 0.2) is 54.6 Å². The number of anilines is 2. The summed E-state index contributed by atoms with van der Waals surface area (Å²) in [6.07, 6.45) is 0.830. The number of benzene rings is 2. The Labute approximate surface area is 175 Å². The predicted molar refractivity (Wildman–Crippen MR) is 115 cm³/mol. The van der Waals surface area contributed by atoms with E-state index in [0.29, 0.717) is 29.4 Å². The number of nitrogens with one attached hydrogen (secondary N) is 2. The second kappa shape index (κ2) is 7.67. The highest BCUT2D eigenvalue weighted by atomic mass is 16.5. The Balaban J connectivity index is 1.52. The molecule has 0 saturated carbocycles. The van der Waals surface area contributed by atoms with E-state index >= 15 is 0 Å². The van der Waals surface area contributed by atoms with E-state index in [9.17, 15) is 9.59 Å². The van der Waals surface area contributed by atoms with Crippen LogP contribution in [-0.2, 0) is 22.6 Å². The van der Waals surface area contributed by atoms with Crippen LogP contribution in [0, 0.1) is 13.8 Å². The van der Waals surface area contributed by atoms with Gasteiger partial charge in [0.1, 0.15) is 5.75 Å². The van der Waals surface area contributed by atoms with E-state index in [2.05, 4.69) is 27.9 Å². The molecule has 1 unspecified atom stereocenters. The van der Waals surface area contributed by atoms with Crippen LogP contribution < -0.4 is 15.4 Å². The number of carbonyl (C=O) groups is 2. The van der Waals surface area contributed by atoms with Crippen LogP contribution in [0.4, 0.5) is 11.4 Å². The van der Waals surface area contributed by atoms with Gasteiger partial charge in [-0.15, -0.1) is 0 Å². The maximum absolute atomic E-state index is 13.1. The van der Waals surface area contributed by atoms with Gasteiger partial charge >= 0.3 is 0 Å². The van der Waals surface area contributed by atoms with Gasteiger partial charge in [-0.3, -0.25) is 14.3 Å². The van der Waals surface area contributed by atoms with E-state index in [1.165, 1.54) is 12.5 Å². The number of para-hydroxylation sites is 2. The zero-order chi connectivity index (χ0) is 21.3. The van der Waals surface area contributed by atoms with Crippen LogP contribution in [0.5, 0.6) is 5.75 Å². The Morgan fingerprint density at radius 3 is 2.60 bits per heavy atom. The molecule has 3 aromatic rings. The lowest BCUT2D eigenvalue weighted by atomic mass is 10.0. The molecule has 154 valence electrons. The number of nitrogens with zero attached hydrogens (tertiary/aromatic N) is 2. The van der Waals surface area contributed by atoms with Crippen molar-refractivity contribution in [3.05, 3.63) is 71.5 Å². The van der Waals surface area contributed by atoms with E-state index in [-0.39, 0.29) is 0 Å². The van der Waals surface area contributed by atoms with Crippen molar-refractivity contribution < 1.29 is 14.3 Å². The maximum Gasteiger partial charge on any atom is 0.278 e. The fourth-order valence-corrected chi connectivity index (χ4v) is 3.52. The summed E-state index contributed by atoms with van der Waals surface area (Å²) < 4.78 is 7.68. The average molecular weight is 404 g/mol. The van der Waals surface area contributed by atoms with Crippen molar-refractivity contribution in [3.63, 3.8) is 0 Å². The molecule has 2 N–H and O–H groups in total. The van der Waals surface area contributed by atoms with E-state index in [1.807, 2.05) is 36.7 Å². The van der Waals surface area contributed by atoms with Crippen LogP contribution in [0.2, 0.25) is 0 Å². The average Bonchev–Trinajstić information content (AvgIpc) is 3.01. The summed E-state index contributed by atoms with van der Waals surface area (Å²) in [7, 11) is 0. The van der Waals surface area contributed by atoms with Gasteiger partial charge in [0.15, 0.2) is 0 Å². The van der Waals surface area contributed by atoms with Crippen LogP contribution in [0.1, 0.15) is 23.9 Å². The van der Waals surface area contributed by atoms with Crippen molar-refractivity contribution in [3.8, 4) is 5.75 Å². The van der Waals surface area contributed by atoms with Gasteiger partial charge in [-0.25, -0.2) is 0 Å². The van der Waals surface area contributed by atoms with Crippen LogP contribution in [0.25, 0.3) is 0 Å². The lowest BCUT2D eigenvalue weighted by molar-refractivity contribution is -0.143. The molecule has 1 aromatic heterocycles. The highest BCUT2D eigenvalue weighted by Crippen LogP contribution is 2.34. The summed E-state index contributed by atoms with van der Waals surface area (Å²) >= 11 is 0. The number of rotatable bonds is 5. The van der Waals surface area contributed by atoms with E-state index < -0.39 is 17.4 Å². The molecule has 30 heavy (non-hydrogen) atoms. The maximum atomic E-state index is 13.1. The van der Waals surface area contributed by atoms with Crippen molar-refractivity contribution in [1.82, 2.24) is 9.78 Å². The summed E-state index contributed by atoms with van der Waals surface area (Å²) in [5, 5.41) is 10.2. The molecule has 4 rings (SSSR count). The second-order valence-electron chi connectivity index (χ2n) is 7.54. The third-order valence-corrected chi connectivity index (χ3v) is 5.39. The zero-order valence-electron chi connectivity index (χ0n) is 17.2. The summed E-state index contributed by atoms with van der Waals surface area (Å²) in [5.41, 5.74) is 2.21. The third-order valence-electron chi connectivity index (χ3n) is 5.39. The number of hydrogen-bond acceptors (Lipinski definition) is 4. The minimum atomic E-state index is -1.68. The molecule has 0 saturated heterocycles. The van der Waals surface area contributed by atoms with Gasteiger partial charge < -0.3 is 15.4 Å². The van der Waals surface area contributed by atoms with Crippen LogP contribution in [-0.4, -0.2) is 27.2 Å². The largest absolute Gasteiger partial charge is 0.466 e. The highest BCUT2D eigenvalue weighted by molar-refractivity contribution is 6.19. The molecule has 0 bridgehead atoms. The van der Waals surface area contributed by atoms with Gasteiger partial charge in [-0.05, 0) is 44.9 Å². The zero-order valence-corrected chi connectivity index (χ0v) is 17.2. The van der Waals surface area contributed by atoms with Gasteiger partial charge in [0, 0.05) is 6.54 Å². The number of carbonyl (C=O) groups excluding carboxylic acids is 2. The molecule has 7 heteroatoms. The topological polar surface area (TPSA) is 85.2 Å². The lowest BCUT2D eigenvalue weighted by Crippen LogP contribution is -2.56. The molecule has 2 amide bonds.